The zero-order valence-corrected chi connectivity index (χ0v) is 18.0. The van der Waals surface area contributed by atoms with E-state index in [0.717, 1.165) is 38.3 Å². The van der Waals surface area contributed by atoms with Gasteiger partial charge in [0.05, 0.1) is 13.1 Å². The molecule has 8 heteroatoms. The van der Waals surface area contributed by atoms with E-state index in [-0.39, 0.29) is 29.8 Å². The van der Waals surface area contributed by atoms with Crippen molar-refractivity contribution in [2.24, 2.45) is 5.41 Å². The molecular formula is C20H31ClN6O. The molecular weight excluding hydrogens is 376 g/mol. The van der Waals surface area contributed by atoms with E-state index in [1.165, 1.54) is 11.1 Å². The van der Waals surface area contributed by atoms with Crippen molar-refractivity contribution >= 4 is 18.3 Å². The lowest BCUT2D eigenvalue weighted by molar-refractivity contribution is -0.129. The Balaban J connectivity index is 0.00000280. The van der Waals surface area contributed by atoms with E-state index in [1.54, 1.807) is 0 Å². The third-order valence-electron chi connectivity index (χ3n) is 5.03. The van der Waals surface area contributed by atoms with Crippen LogP contribution in [0.25, 0.3) is 0 Å². The highest BCUT2D eigenvalue weighted by Gasteiger charge is 2.27. The van der Waals surface area contributed by atoms with Gasteiger partial charge in [-0.3, -0.25) is 9.69 Å². The Bertz CT molecular complexity index is 760. The number of carbonyl (C=O) groups excluding carboxylic acids is 1. The molecule has 0 aliphatic carbocycles. The number of hydrogen-bond donors (Lipinski definition) is 1. The van der Waals surface area contributed by atoms with E-state index in [9.17, 15) is 4.79 Å². The molecule has 3 rings (SSSR count). The predicted molar refractivity (Wildman–Crippen MR) is 111 cm³/mol. The van der Waals surface area contributed by atoms with Crippen molar-refractivity contribution in [3.05, 3.63) is 41.2 Å². The maximum atomic E-state index is 12.2. The van der Waals surface area contributed by atoms with Crippen molar-refractivity contribution < 1.29 is 4.79 Å². The molecule has 1 aliphatic rings. The van der Waals surface area contributed by atoms with Gasteiger partial charge in [0.25, 0.3) is 0 Å². The largest absolute Gasteiger partial charge is 0.353 e. The molecule has 1 aromatic carbocycles. The number of halogens is 1. The lowest BCUT2D eigenvalue weighted by atomic mass is 9.94. The summed E-state index contributed by atoms with van der Waals surface area (Å²) in [6.45, 7) is 11.2. The fourth-order valence-corrected chi connectivity index (χ4v) is 3.16. The summed E-state index contributed by atoms with van der Waals surface area (Å²) in [6, 6.07) is 8.71. The third kappa shape index (κ3) is 6.01. The van der Waals surface area contributed by atoms with Crippen LogP contribution in [0.4, 0.5) is 0 Å². The maximum absolute atomic E-state index is 12.2. The van der Waals surface area contributed by atoms with Gasteiger partial charge >= 0.3 is 0 Å². The van der Waals surface area contributed by atoms with Crippen LogP contribution in [-0.4, -0.2) is 50.1 Å². The number of carbonyl (C=O) groups is 1. The number of tetrazole rings is 1. The van der Waals surface area contributed by atoms with Gasteiger partial charge in [0, 0.05) is 24.5 Å². The molecule has 2 aromatic rings. The van der Waals surface area contributed by atoms with Gasteiger partial charge in [0.1, 0.15) is 0 Å². The van der Waals surface area contributed by atoms with Crippen molar-refractivity contribution in [3.8, 4) is 0 Å². The second kappa shape index (κ2) is 9.47. The van der Waals surface area contributed by atoms with Gasteiger partial charge in [0.15, 0.2) is 5.82 Å². The minimum absolute atomic E-state index is 0. The van der Waals surface area contributed by atoms with Crippen molar-refractivity contribution in [1.82, 2.24) is 30.4 Å². The quantitative estimate of drug-likeness (QED) is 0.825. The van der Waals surface area contributed by atoms with Crippen LogP contribution in [0, 0.1) is 12.3 Å². The maximum Gasteiger partial charge on any atom is 0.225 e. The first-order valence-corrected chi connectivity index (χ1v) is 9.65. The Morgan fingerprint density at radius 1 is 1.14 bits per heavy atom. The first kappa shape index (κ1) is 22.3. The van der Waals surface area contributed by atoms with E-state index in [4.69, 9.17) is 0 Å². The molecule has 0 atom stereocenters. The molecule has 1 saturated heterocycles. The number of amides is 1. The highest BCUT2D eigenvalue weighted by Crippen LogP contribution is 2.17. The molecule has 0 unspecified atom stereocenters. The molecule has 0 saturated carbocycles. The van der Waals surface area contributed by atoms with Gasteiger partial charge < -0.3 is 5.32 Å². The molecule has 1 amide bonds. The van der Waals surface area contributed by atoms with Crippen molar-refractivity contribution in [3.63, 3.8) is 0 Å². The Morgan fingerprint density at radius 2 is 1.79 bits per heavy atom. The third-order valence-corrected chi connectivity index (χ3v) is 5.03. The second-order valence-corrected chi connectivity index (χ2v) is 8.51. The summed E-state index contributed by atoms with van der Waals surface area (Å²) in [5, 5.41) is 15.4. The van der Waals surface area contributed by atoms with E-state index >= 15 is 0 Å². The smallest absolute Gasteiger partial charge is 0.225 e. The highest BCUT2D eigenvalue weighted by molar-refractivity contribution is 5.85. The summed E-state index contributed by atoms with van der Waals surface area (Å²) in [5.74, 6) is 1.01. The molecule has 28 heavy (non-hydrogen) atoms. The fraction of sp³-hybridized carbons (Fsp3) is 0.600. The summed E-state index contributed by atoms with van der Waals surface area (Å²) < 4.78 is 1.87. The molecule has 0 radical (unpaired) electrons. The SMILES string of the molecule is Cc1ccc(Cn2nnnc2CN2CCC(NC(=O)C(C)(C)C)CC2)cc1.Cl. The van der Waals surface area contributed by atoms with Gasteiger partial charge in [-0.2, -0.15) is 0 Å². The molecule has 2 heterocycles. The van der Waals surface area contributed by atoms with Crippen LogP contribution in [0.5, 0.6) is 0 Å². The highest BCUT2D eigenvalue weighted by atomic mass is 35.5. The Kier molecular flexibility index (Phi) is 7.55. The number of nitrogens with zero attached hydrogens (tertiary/aromatic N) is 5. The molecule has 0 bridgehead atoms. The standard InChI is InChI=1S/C20H30N6O.ClH/c1-15-5-7-16(8-6-15)13-26-18(22-23-24-26)14-25-11-9-17(10-12-25)21-19(27)20(2,3)4;/h5-8,17H,9-14H2,1-4H3,(H,21,27);1H. The van der Waals surface area contributed by atoms with Crippen LogP contribution in [0.3, 0.4) is 0 Å². The molecule has 7 nitrogen and oxygen atoms in total. The van der Waals surface area contributed by atoms with Crippen LogP contribution in [-0.2, 0) is 17.9 Å². The van der Waals surface area contributed by atoms with Gasteiger partial charge in [-0.15, -0.1) is 17.5 Å². The summed E-state index contributed by atoms with van der Waals surface area (Å²) >= 11 is 0. The van der Waals surface area contributed by atoms with E-state index in [2.05, 4.69) is 56.9 Å². The van der Waals surface area contributed by atoms with E-state index < -0.39 is 0 Å². The monoisotopic (exact) mass is 406 g/mol. The van der Waals surface area contributed by atoms with E-state index in [0.29, 0.717) is 6.54 Å². The molecule has 154 valence electrons. The van der Waals surface area contributed by atoms with E-state index in [1.807, 2.05) is 25.5 Å². The van der Waals surface area contributed by atoms with Crippen LogP contribution in [0.15, 0.2) is 24.3 Å². The lowest BCUT2D eigenvalue weighted by Gasteiger charge is -2.33. The summed E-state index contributed by atoms with van der Waals surface area (Å²) in [7, 11) is 0. The van der Waals surface area contributed by atoms with Gasteiger partial charge in [-0.1, -0.05) is 50.6 Å². The number of rotatable bonds is 5. The van der Waals surface area contributed by atoms with Crippen LogP contribution in [0.1, 0.15) is 50.6 Å². The van der Waals surface area contributed by atoms with Gasteiger partial charge in [-0.25, -0.2) is 4.68 Å². The van der Waals surface area contributed by atoms with Crippen LogP contribution in [0.2, 0.25) is 0 Å². The number of hydrogen-bond acceptors (Lipinski definition) is 5. The predicted octanol–water partition coefficient (Wildman–Crippen LogP) is 2.58. The Hall–Kier alpha value is -1.99. The molecule has 0 spiro atoms. The Morgan fingerprint density at radius 3 is 2.39 bits per heavy atom. The topological polar surface area (TPSA) is 75.9 Å². The number of benzene rings is 1. The number of aryl methyl sites for hydroxylation is 1. The van der Waals surface area contributed by atoms with Gasteiger partial charge in [0.2, 0.25) is 5.91 Å². The normalized spacial score (nSPS) is 15.9. The Labute approximate surface area is 173 Å². The number of nitrogens with one attached hydrogen (secondary N) is 1. The number of likely N-dealkylation sites (tertiary alicyclic amines) is 1. The molecule has 1 aliphatic heterocycles. The summed E-state index contributed by atoms with van der Waals surface area (Å²) in [4.78, 5) is 14.5. The molecule has 1 N–H and O–H groups in total. The number of piperidine rings is 1. The summed E-state index contributed by atoms with van der Waals surface area (Å²) in [6.07, 6.45) is 1.92. The average molecular weight is 407 g/mol. The van der Waals surface area contributed by atoms with Gasteiger partial charge in [-0.05, 0) is 35.8 Å². The zero-order valence-electron chi connectivity index (χ0n) is 17.2. The fourth-order valence-electron chi connectivity index (χ4n) is 3.16. The number of aromatic nitrogens is 4. The first-order valence-electron chi connectivity index (χ1n) is 9.65. The average Bonchev–Trinajstić information content (AvgIpc) is 3.04. The minimum atomic E-state index is -0.338. The van der Waals surface area contributed by atoms with Crippen molar-refractivity contribution in [2.75, 3.05) is 13.1 Å². The van der Waals surface area contributed by atoms with Crippen LogP contribution < -0.4 is 5.32 Å². The lowest BCUT2D eigenvalue weighted by Crippen LogP contribution is -2.47. The van der Waals surface area contributed by atoms with Crippen molar-refractivity contribution in [2.45, 2.75) is 59.7 Å². The minimum Gasteiger partial charge on any atom is -0.353 e. The second-order valence-electron chi connectivity index (χ2n) is 8.51. The zero-order chi connectivity index (χ0) is 19.4. The molecule has 1 fully saturated rings. The first-order chi connectivity index (χ1) is 12.8. The van der Waals surface area contributed by atoms with Crippen LogP contribution >= 0.6 is 12.4 Å². The van der Waals surface area contributed by atoms with Crippen molar-refractivity contribution in [1.29, 1.82) is 0 Å². The molecule has 1 aromatic heterocycles. The summed E-state index contributed by atoms with van der Waals surface area (Å²) in [5.41, 5.74) is 2.10.